The van der Waals surface area contributed by atoms with Crippen LogP contribution in [-0.4, -0.2) is 39.2 Å². The fourth-order valence-electron chi connectivity index (χ4n) is 2.74. The Morgan fingerprint density at radius 1 is 1.43 bits per heavy atom. The molecule has 0 aromatic carbocycles. The van der Waals surface area contributed by atoms with Gasteiger partial charge in [-0.25, -0.2) is 0 Å². The minimum atomic E-state index is -0.136. The SMILES string of the molecule is Cc1nc([C@@H]2CCCN2CC(=O)Nc2cc(C(C)C)no2)no1. The van der Waals surface area contributed by atoms with Crippen LogP contribution in [0.15, 0.2) is 15.1 Å². The lowest BCUT2D eigenvalue weighted by molar-refractivity contribution is -0.117. The second-order valence-corrected chi connectivity index (χ2v) is 6.12. The van der Waals surface area contributed by atoms with Crippen molar-refractivity contribution < 1.29 is 13.8 Å². The summed E-state index contributed by atoms with van der Waals surface area (Å²) >= 11 is 0. The van der Waals surface area contributed by atoms with Gasteiger partial charge in [0.25, 0.3) is 0 Å². The predicted molar refractivity (Wildman–Crippen MR) is 81.8 cm³/mol. The fraction of sp³-hybridized carbons (Fsp3) is 0.600. The molecule has 1 atom stereocenters. The maximum Gasteiger partial charge on any atom is 0.240 e. The van der Waals surface area contributed by atoms with Crippen molar-refractivity contribution in [1.82, 2.24) is 20.2 Å². The van der Waals surface area contributed by atoms with Gasteiger partial charge in [0.05, 0.1) is 18.3 Å². The van der Waals surface area contributed by atoms with E-state index in [0.29, 0.717) is 17.6 Å². The molecule has 0 saturated carbocycles. The van der Waals surface area contributed by atoms with E-state index in [9.17, 15) is 4.79 Å². The fourth-order valence-corrected chi connectivity index (χ4v) is 2.74. The predicted octanol–water partition coefficient (Wildman–Crippen LogP) is 2.27. The monoisotopic (exact) mass is 319 g/mol. The van der Waals surface area contributed by atoms with E-state index in [0.717, 1.165) is 25.1 Å². The van der Waals surface area contributed by atoms with Gasteiger partial charge in [-0.1, -0.05) is 24.2 Å². The van der Waals surface area contributed by atoms with Gasteiger partial charge in [0, 0.05) is 13.0 Å². The zero-order valence-electron chi connectivity index (χ0n) is 13.6. The average Bonchev–Trinajstić information content (AvgIpc) is 3.19. The van der Waals surface area contributed by atoms with Crippen LogP contribution in [0.2, 0.25) is 0 Å². The van der Waals surface area contributed by atoms with E-state index in [1.165, 1.54) is 0 Å². The molecule has 1 amide bonds. The molecule has 23 heavy (non-hydrogen) atoms. The van der Waals surface area contributed by atoms with Crippen molar-refractivity contribution >= 4 is 11.8 Å². The van der Waals surface area contributed by atoms with Crippen LogP contribution in [0.3, 0.4) is 0 Å². The number of amides is 1. The van der Waals surface area contributed by atoms with Gasteiger partial charge in [-0.2, -0.15) is 4.98 Å². The van der Waals surface area contributed by atoms with Crippen LogP contribution >= 0.6 is 0 Å². The Balaban J connectivity index is 1.60. The van der Waals surface area contributed by atoms with Gasteiger partial charge in [-0.15, -0.1) is 0 Å². The van der Waals surface area contributed by atoms with Crippen LogP contribution in [0, 0.1) is 6.92 Å². The molecule has 124 valence electrons. The first-order valence-electron chi connectivity index (χ1n) is 7.83. The van der Waals surface area contributed by atoms with E-state index in [1.807, 2.05) is 13.8 Å². The molecule has 8 heteroatoms. The molecule has 1 fully saturated rings. The van der Waals surface area contributed by atoms with E-state index in [1.54, 1.807) is 13.0 Å². The second-order valence-electron chi connectivity index (χ2n) is 6.12. The zero-order valence-corrected chi connectivity index (χ0v) is 13.6. The largest absolute Gasteiger partial charge is 0.340 e. The van der Waals surface area contributed by atoms with E-state index in [-0.39, 0.29) is 24.4 Å². The van der Waals surface area contributed by atoms with Gasteiger partial charge in [0.2, 0.25) is 17.7 Å². The summed E-state index contributed by atoms with van der Waals surface area (Å²) in [5, 5.41) is 10.7. The van der Waals surface area contributed by atoms with Crippen molar-refractivity contribution in [2.45, 2.75) is 45.6 Å². The first-order valence-corrected chi connectivity index (χ1v) is 7.83. The Morgan fingerprint density at radius 3 is 2.91 bits per heavy atom. The van der Waals surface area contributed by atoms with Gasteiger partial charge in [-0.3, -0.25) is 15.0 Å². The van der Waals surface area contributed by atoms with Gasteiger partial charge in [-0.05, 0) is 25.3 Å². The van der Waals surface area contributed by atoms with Gasteiger partial charge in [0.1, 0.15) is 0 Å². The van der Waals surface area contributed by atoms with Crippen LogP contribution in [0.5, 0.6) is 0 Å². The minimum Gasteiger partial charge on any atom is -0.340 e. The lowest BCUT2D eigenvalue weighted by Gasteiger charge is -2.20. The molecule has 1 N–H and O–H groups in total. The lowest BCUT2D eigenvalue weighted by Crippen LogP contribution is -2.33. The molecule has 1 aliphatic rings. The topological polar surface area (TPSA) is 97.3 Å². The van der Waals surface area contributed by atoms with E-state index in [2.05, 4.69) is 25.5 Å². The van der Waals surface area contributed by atoms with Gasteiger partial charge in [0.15, 0.2) is 5.82 Å². The van der Waals surface area contributed by atoms with Crippen molar-refractivity contribution in [3.63, 3.8) is 0 Å². The summed E-state index contributed by atoms with van der Waals surface area (Å²) in [5.74, 6) is 1.69. The third-order valence-electron chi connectivity index (χ3n) is 3.93. The smallest absolute Gasteiger partial charge is 0.240 e. The number of aromatic nitrogens is 3. The van der Waals surface area contributed by atoms with Crippen LogP contribution in [0.25, 0.3) is 0 Å². The van der Waals surface area contributed by atoms with Crippen LogP contribution < -0.4 is 5.32 Å². The van der Waals surface area contributed by atoms with Crippen molar-refractivity contribution in [3.05, 3.63) is 23.5 Å². The van der Waals surface area contributed by atoms with Crippen molar-refractivity contribution in [2.24, 2.45) is 0 Å². The second kappa shape index (κ2) is 6.49. The molecule has 2 aromatic heterocycles. The van der Waals surface area contributed by atoms with Crippen LogP contribution in [-0.2, 0) is 4.79 Å². The summed E-state index contributed by atoms with van der Waals surface area (Å²) in [6, 6.07) is 1.78. The zero-order chi connectivity index (χ0) is 16.4. The average molecular weight is 319 g/mol. The molecule has 0 unspecified atom stereocenters. The standard InChI is InChI=1S/C15H21N5O3/c1-9(2)11-7-14(23-18-11)17-13(21)8-20-6-4-5-12(20)15-16-10(3)22-19-15/h7,9,12H,4-6,8H2,1-3H3,(H,17,21)/t12-/m0/s1. The minimum absolute atomic E-state index is 0.0270. The summed E-state index contributed by atoms with van der Waals surface area (Å²) in [6.45, 7) is 6.89. The first-order chi connectivity index (χ1) is 11.0. The number of carbonyl (C=O) groups is 1. The molecule has 0 spiro atoms. The number of likely N-dealkylation sites (tertiary alicyclic amines) is 1. The quantitative estimate of drug-likeness (QED) is 0.902. The first kappa shape index (κ1) is 15.7. The Morgan fingerprint density at radius 2 is 2.26 bits per heavy atom. The van der Waals surface area contributed by atoms with E-state index in [4.69, 9.17) is 9.05 Å². The maximum atomic E-state index is 12.2. The van der Waals surface area contributed by atoms with Crippen molar-refractivity contribution in [1.29, 1.82) is 0 Å². The molecule has 2 aromatic rings. The summed E-state index contributed by atoms with van der Waals surface area (Å²) in [6.07, 6.45) is 1.93. The summed E-state index contributed by atoms with van der Waals surface area (Å²) in [5.41, 5.74) is 0.821. The highest BCUT2D eigenvalue weighted by molar-refractivity contribution is 5.91. The molecule has 0 aliphatic carbocycles. The third kappa shape index (κ3) is 3.58. The maximum absolute atomic E-state index is 12.2. The molecule has 0 radical (unpaired) electrons. The summed E-state index contributed by atoms with van der Waals surface area (Å²) in [7, 11) is 0. The lowest BCUT2D eigenvalue weighted by atomic mass is 10.1. The number of carbonyl (C=O) groups excluding carboxylic acids is 1. The van der Waals surface area contributed by atoms with Crippen molar-refractivity contribution in [3.8, 4) is 0 Å². The summed E-state index contributed by atoms with van der Waals surface area (Å²) in [4.78, 5) is 18.6. The number of anilines is 1. The van der Waals surface area contributed by atoms with Gasteiger partial charge >= 0.3 is 0 Å². The number of rotatable bonds is 5. The van der Waals surface area contributed by atoms with E-state index < -0.39 is 0 Å². The Labute approximate surface area is 134 Å². The highest BCUT2D eigenvalue weighted by Crippen LogP contribution is 2.29. The van der Waals surface area contributed by atoms with Crippen LogP contribution in [0.1, 0.15) is 56.1 Å². The highest BCUT2D eigenvalue weighted by Gasteiger charge is 2.31. The number of nitrogens with one attached hydrogen (secondary N) is 1. The molecule has 0 bridgehead atoms. The number of aryl methyl sites for hydroxylation is 1. The molecular weight excluding hydrogens is 298 g/mol. The van der Waals surface area contributed by atoms with Crippen LogP contribution in [0.4, 0.5) is 5.88 Å². The Bertz CT molecular complexity index is 678. The Hall–Kier alpha value is -2.22. The molecular formula is C15H21N5O3. The third-order valence-corrected chi connectivity index (χ3v) is 3.93. The normalized spacial score (nSPS) is 18.7. The molecule has 3 rings (SSSR count). The number of hydrogen-bond donors (Lipinski definition) is 1. The number of nitrogens with zero attached hydrogens (tertiary/aromatic N) is 4. The summed E-state index contributed by atoms with van der Waals surface area (Å²) < 4.78 is 10.2. The molecule has 3 heterocycles. The van der Waals surface area contributed by atoms with Crippen molar-refractivity contribution in [2.75, 3.05) is 18.4 Å². The molecule has 8 nitrogen and oxygen atoms in total. The molecule has 1 aliphatic heterocycles. The molecule has 1 saturated heterocycles. The highest BCUT2D eigenvalue weighted by atomic mass is 16.5. The van der Waals surface area contributed by atoms with E-state index >= 15 is 0 Å². The van der Waals surface area contributed by atoms with Gasteiger partial charge < -0.3 is 9.05 Å². The Kier molecular flexibility index (Phi) is 4.42. The number of hydrogen-bond acceptors (Lipinski definition) is 7.